The molecule has 1 aromatic heterocycles. The van der Waals surface area contributed by atoms with Crippen LogP contribution in [0.4, 0.5) is 10.6 Å². The molecule has 2 aromatic rings. The monoisotopic (exact) mass is 276 g/mol. The van der Waals surface area contributed by atoms with Gasteiger partial charge in [-0.3, -0.25) is 10.2 Å². The number of hydrogen-bond donors (Lipinski definition) is 2. The van der Waals surface area contributed by atoms with Crippen molar-refractivity contribution in [2.24, 2.45) is 7.05 Å². The van der Waals surface area contributed by atoms with E-state index in [1.165, 1.54) is 4.57 Å². The molecule has 1 amide bonds. The molecule has 20 heavy (non-hydrogen) atoms. The molecule has 0 saturated heterocycles. The van der Waals surface area contributed by atoms with E-state index in [2.05, 4.69) is 15.8 Å². The molecule has 0 unspecified atom stereocenters. The van der Waals surface area contributed by atoms with E-state index >= 15 is 0 Å². The minimum atomic E-state index is -0.666. The van der Waals surface area contributed by atoms with Crippen LogP contribution in [0, 0.1) is 6.92 Å². The summed E-state index contributed by atoms with van der Waals surface area (Å²) in [6.45, 7) is 3.85. The standard InChI is InChI=1S/C13H16N4O3/c1-4-20-13(19)16-15-11-12(18)17(3)10-8(2)6-5-7-9(10)14-11/h5-7H,4H2,1-3H3,(H,14,15)(H,16,19). The van der Waals surface area contributed by atoms with E-state index < -0.39 is 6.09 Å². The molecule has 0 saturated carbocycles. The minimum Gasteiger partial charge on any atom is -0.449 e. The van der Waals surface area contributed by atoms with E-state index in [0.29, 0.717) is 5.52 Å². The molecular formula is C13H16N4O3. The molecule has 0 atom stereocenters. The summed E-state index contributed by atoms with van der Waals surface area (Å²) < 4.78 is 6.18. The maximum absolute atomic E-state index is 12.2. The third-order valence-electron chi connectivity index (χ3n) is 2.85. The Labute approximate surface area is 115 Å². The SMILES string of the molecule is CCOC(=O)NNc1nc2cccc(C)c2n(C)c1=O. The number of nitrogens with one attached hydrogen (secondary N) is 2. The topological polar surface area (TPSA) is 85.2 Å². The van der Waals surface area contributed by atoms with Gasteiger partial charge in [0.2, 0.25) is 5.82 Å². The van der Waals surface area contributed by atoms with Crippen molar-refractivity contribution in [2.75, 3.05) is 12.0 Å². The van der Waals surface area contributed by atoms with Gasteiger partial charge in [0.25, 0.3) is 5.56 Å². The smallest absolute Gasteiger partial charge is 0.425 e. The molecule has 0 aliphatic carbocycles. The summed E-state index contributed by atoms with van der Waals surface area (Å²) in [4.78, 5) is 27.6. The highest BCUT2D eigenvalue weighted by Gasteiger charge is 2.10. The Morgan fingerprint density at radius 2 is 2.20 bits per heavy atom. The van der Waals surface area contributed by atoms with Crippen LogP contribution in [0.1, 0.15) is 12.5 Å². The predicted molar refractivity (Wildman–Crippen MR) is 75.5 cm³/mol. The van der Waals surface area contributed by atoms with Crippen LogP contribution < -0.4 is 16.4 Å². The van der Waals surface area contributed by atoms with Crippen molar-refractivity contribution in [2.45, 2.75) is 13.8 Å². The molecule has 7 heteroatoms. The number of anilines is 1. The summed E-state index contributed by atoms with van der Waals surface area (Å²) in [6, 6.07) is 5.57. The number of fused-ring (bicyclic) bond motifs is 1. The first-order valence-corrected chi connectivity index (χ1v) is 6.19. The van der Waals surface area contributed by atoms with E-state index in [9.17, 15) is 9.59 Å². The molecule has 1 heterocycles. The van der Waals surface area contributed by atoms with Gasteiger partial charge in [-0.1, -0.05) is 12.1 Å². The Morgan fingerprint density at radius 3 is 2.90 bits per heavy atom. The molecule has 1 aromatic carbocycles. The van der Waals surface area contributed by atoms with Crippen molar-refractivity contribution < 1.29 is 9.53 Å². The normalized spacial score (nSPS) is 10.3. The van der Waals surface area contributed by atoms with Crippen LogP contribution in [-0.2, 0) is 11.8 Å². The van der Waals surface area contributed by atoms with Crippen LogP contribution in [0.3, 0.4) is 0 Å². The Balaban J connectivity index is 2.38. The second kappa shape index (κ2) is 5.60. The number of hydrogen-bond acceptors (Lipinski definition) is 5. The molecule has 0 radical (unpaired) electrons. The number of carbonyl (C=O) groups is 1. The molecule has 7 nitrogen and oxygen atoms in total. The number of ether oxygens (including phenoxy) is 1. The highest BCUT2D eigenvalue weighted by molar-refractivity contribution is 5.79. The van der Waals surface area contributed by atoms with Gasteiger partial charge in [-0.15, -0.1) is 0 Å². The Hall–Kier alpha value is -2.57. The maximum atomic E-state index is 12.2. The van der Waals surface area contributed by atoms with Crippen molar-refractivity contribution in [1.82, 2.24) is 15.0 Å². The lowest BCUT2D eigenvalue weighted by atomic mass is 10.2. The summed E-state index contributed by atoms with van der Waals surface area (Å²) in [5.74, 6) is 0.0404. The lowest BCUT2D eigenvalue weighted by Gasteiger charge is -2.11. The number of aryl methyl sites for hydroxylation is 2. The zero-order valence-corrected chi connectivity index (χ0v) is 11.6. The highest BCUT2D eigenvalue weighted by atomic mass is 16.5. The molecule has 0 spiro atoms. The van der Waals surface area contributed by atoms with Crippen LogP contribution in [0.2, 0.25) is 0 Å². The van der Waals surface area contributed by atoms with E-state index in [0.717, 1.165) is 11.1 Å². The van der Waals surface area contributed by atoms with Crippen molar-refractivity contribution in [1.29, 1.82) is 0 Å². The fourth-order valence-corrected chi connectivity index (χ4v) is 1.96. The highest BCUT2D eigenvalue weighted by Crippen LogP contribution is 2.15. The van der Waals surface area contributed by atoms with E-state index in [1.54, 1.807) is 20.0 Å². The lowest BCUT2D eigenvalue weighted by molar-refractivity contribution is 0.154. The van der Waals surface area contributed by atoms with Crippen LogP contribution in [0.15, 0.2) is 23.0 Å². The van der Waals surface area contributed by atoms with Crippen LogP contribution in [0.25, 0.3) is 11.0 Å². The fraction of sp³-hybridized carbons (Fsp3) is 0.308. The quantitative estimate of drug-likeness (QED) is 0.826. The van der Waals surface area contributed by atoms with Crippen molar-refractivity contribution in [3.63, 3.8) is 0 Å². The maximum Gasteiger partial charge on any atom is 0.425 e. The van der Waals surface area contributed by atoms with E-state index in [-0.39, 0.29) is 18.0 Å². The first-order valence-electron chi connectivity index (χ1n) is 6.19. The number of carbonyl (C=O) groups excluding carboxylic acids is 1. The van der Waals surface area contributed by atoms with Crippen LogP contribution in [-0.4, -0.2) is 22.3 Å². The second-order valence-electron chi connectivity index (χ2n) is 4.24. The number of rotatable bonds is 3. The van der Waals surface area contributed by atoms with Crippen molar-refractivity contribution in [3.8, 4) is 0 Å². The summed E-state index contributed by atoms with van der Waals surface area (Å²) in [7, 11) is 1.66. The largest absolute Gasteiger partial charge is 0.449 e. The third-order valence-corrected chi connectivity index (χ3v) is 2.85. The number of benzene rings is 1. The molecule has 0 aliphatic heterocycles. The van der Waals surface area contributed by atoms with Gasteiger partial charge in [0.1, 0.15) is 0 Å². The summed E-state index contributed by atoms with van der Waals surface area (Å²) in [6.07, 6.45) is -0.666. The molecule has 0 aliphatic rings. The molecule has 106 valence electrons. The fourth-order valence-electron chi connectivity index (χ4n) is 1.96. The van der Waals surface area contributed by atoms with Crippen molar-refractivity contribution >= 4 is 22.9 Å². The summed E-state index contributed by atoms with van der Waals surface area (Å²) >= 11 is 0. The molecular weight excluding hydrogens is 260 g/mol. The number of amides is 1. The summed E-state index contributed by atoms with van der Waals surface area (Å²) in [5.41, 5.74) is 6.80. The molecule has 0 fully saturated rings. The Morgan fingerprint density at radius 1 is 1.45 bits per heavy atom. The van der Waals surface area contributed by atoms with Gasteiger partial charge >= 0.3 is 6.09 Å². The van der Waals surface area contributed by atoms with E-state index in [4.69, 9.17) is 4.74 Å². The zero-order valence-electron chi connectivity index (χ0n) is 11.6. The van der Waals surface area contributed by atoms with Gasteiger partial charge in [-0.2, -0.15) is 0 Å². The predicted octanol–water partition coefficient (Wildman–Crippen LogP) is 1.31. The number of para-hydroxylation sites is 1. The first kappa shape index (κ1) is 13.9. The Bertz CT molecular complexity index is 709. The second-order valence-corrected chi connectivity index (χ2v) is 4.24. The van der Waals surface area contributed by atoms with E-state index in [1.807, 2.05) is 19.1 Å². The van der Waals surface area contributed by atoms with Gasteiger partial charge in [0, 0.05) is 7.05 Å². The number of nitrogens with zero attached hydrogens (tertiary/aromatic N) is 2. The van der Waals surface area contributed by atoms with Crippen LogP contribution in [0.5, 0.6) is 0 Å². The van der Waals surface area contributed by atoms with Gasteiger partial charge < -0.3 is 9.30 Å². The van der Waals surface area contributed by atoms with Crippen molar-refractivity contribution in [3.05, 3.63) is 34.1 Å². The molecule has 2 rings (SSSR count). The average molecular weight is 276 g/mol. The van der Waals surface area contributed by atoms with Gasteiger partial charge in [-0.25, -0.2) is 15.2 Å². The lowest BCUT2D eigenvalue weighted by Crippen LogP contribution is -2.34. The van der Waals surface area contributed by atoms with Gasteiger partial charge in [-0.05, 0) is 25.5 Å². The number of hydrazine groups is 1. The average Bonchev–Trinajstić information content (AvgIpc) is 2.41. The van der Waals surface area contributed by atoms with Gasteiger partial charge in [0.05, 0.1) is 17.6 Å². The third kappa shape index (κ3) is 2.56. The summed E-state index contributed by atoms with van der Waals surface area (Å²) in [5, 5.41) is 0. The molecule has 0 bridgehead atoms. The molecule has 2 N–H and O–H groups in total. The number of aromatic nitrogens is 2. The first-order chi connectivity index (χ1) is 9.54. The Kier molecular flexibility index (Phi) is 3.88. The zero-order chi connectivity index (χ0) is 14.7. The van der Waals surface area contributed by atoms with Gasteiger partial charge in [0.15, 0.2) is 0 Å². The minimum absolute atomic E-state index is 0.0404. The van der Waals surface area contributed by atoms with Crippen LogP contribution >= 0.6 is 0 Å².